The molecule has 20 heavy (non-hydrogen) atoms. The second-order valence-corrected chi connectivity index (χ2v) is 5.95. The molecule has 3 nitrogen and oxygen atoms in total. The first kappa shape index (κ1) is 13.3. The van der Waals surface area contributed by atoms with Crippen LogP contribution in [0.5, 0.6) is 0 Å². The average molecular weight is 331 g/mol. The minimum absolute atomic E-state index is 0.129. The molecule has 1 unspecified atom stereocenters. The molecule has 0 bridgehead atoms. The van der Waals surface area contributed by atoms with Gasteiger partial charge in [-0.25, -0.2) is 0 Å². The molecule has 0 radical (unpaired) electrons. The Morgan fingerprint density at radius 1 is 1.35 bits per heavy atom. The lowest BCUT2D eigenvalue weighted by molar-refractivity contribution is 0.0949. The van der Waals surface area contributed by atoms with Crippen molar-refractivity contribution in [2.24, 2.45) is 0 Å². The highest BCUT2D eigenvalue weighted by atomic mass is 79.9. The Hall–Kier alpha value is -1.68. The van der Waals surface area contributed by atoms with E-state index in [1.165, 1.54) is 5.56 Å². The maximum absolute atomic E-state index is 12.7. The molecule has 102 valence electrons. The zero-order valence-electron chi connectivity index (χ0n) is 11.0. The van der Waals surface area contributed by atoms with Crippen LogP contribution in [0, 0.1) is 0 Å². The fourth-order valence-electron chi connectivity index (χ4n) is 2.75. The first-order valence-corrected chi connectivity index (χ1v) is 7.49. The molecule has 4 heteroatoms. The van der Waals surface area contributed by atoms with Crippen molar-refractivity contribution in [1.82, 2.24) is 4.98 Å². The van der Waals surface area contributed by atoms with E-state index >= 15 is 0 Å². The number of carbonyl (C=O) groups is 1. The van der Waals surface area contributed by atoms with Gasteiger partial charge in [0.25, 0.3) is 0 Å². The van der Waals surface area contributed by atoms with Crippen LogP contribution in [0.1, 0.15) is 40.4 Å². The maximum atomic E-state index is 12.7. The van der Waals surface area contributed by atoms with E-state index in [0.29, 0.717) is 11.3 Å². The number of nitrogen functional groups attached to an aromatic ring is 1. The number of aromatic nitrogens is 1. The molecule has 1 aromatic carbocycles. The highest BCUT2D eigenvalue weighted by molar-refractivity contribution is 9.10. The first-order valence-electron chi connectivity index (χ1n) is 6.70. The van der Waals surface area contributed by atoms with Gasteiger partial charge in [0, 0.05) is 21.9 Å². The summed E-state index contributed by atoms with van der Waals surface area (Å²) in [6, 6.07) is 9.36. The highest BCUT2D eigenvalue weighted by Crippen LogP contribution is 2.33. The third-order valence-electron chi connectivity index (χ3n) is 3.80. The molecule has 1 heterocycles. The van der Waals surface area contributed by atoms with Gasteiger partial charge in [-0.15, -0.1) is 0 Å². The summed E-state index contributed by atoms with van der Waals surface area (Å²) in [5.41, 5.74) is 9.25. The number of anilines is 1. The molecule has 0 saturated heterocycles. The topological polar surface area (TPSA) is 56.0 Å². The fraction of sp³-hybridized carbons (Fsp3) is 0.250. The van der Waals surface area contributed by atoms with Gasteiger partial charge in [-0.05, 0) is 65.0 Å². The summed E-state index contributed by atoms with van der Waals surface area (Å²) in [5.74, 6) is 0.000763. The summed E-state index contributed by atoms with van der Waals surface area (Å²) in [4.78, 5) is 17.2. The van der Waals surface area contributed by atoms with Crippen LogP contribution in [0.4, 0.5) is 5.69 Å². The molecule has 2 aromatic rings. The number of nitrogens with zero attached hydrogens (tertiary/aromatic N) is 1. The van der Waals surface area contributed by atoms with Crippen molar-refractivity contribution < 1.29 is 4.79 Å². The van der Waals surface area contributed by atoms with E-state index in [1.54, 1.807) is 24.4 Å². The van der Waals surface area contributed by atoms with Gasteiger partial charge in [0.05, 0.1) is 11.6 Å². The minimum atomic E-state index is -0.129. The van der Waals surface area contributed by atoms with E-state index in [-0.39, 0.29) is 11.7 Å². The minimum Gasteiger partial charge on any atom is -0.398 e. The molecule has 0 spiro atoms. The molecule has 0 amide bonds. The second kappa shape index (κ2) is 5.37. The van der Waals surface area contributed by atoms with Gasteiger partial charge in [-0.2, -0.15) is 0 Å². The largest absolute Gasteiger partial charge is 0.398 e. The Balaban J connectivity index is 1.97. The molecular formula is C16H15BrN2O. The molecule has 1 aromatic heterocycles. The standard InChI is InChI=1S/C16H15BrN2O/c17-13-9-11(6-7-14(13)18)16(20)12-5-1-3-10-4-2-8-19-15(10)12/h2,4,6-9,12H,1,3,5,18H2. The zero-order chi connectivity index (χ0) is 14.1. The number of halogens is 1. The van der Waals surface area contributed by atoms with Gasteiger partial charge in [-0.1, -0.05) is 6.07 Å². The van der Waals surface area contributed by atoms with Crippen LogP contribution in [0.3, 0.4) is 0 Å². The lowest BCUT2D eigenvalue weighted by atomic mass is 9.82. The quantitative estimate of drug-likeness (QED) is 0.674. The van der Waals surface area contributed by atoms with Gasteiger partial charge in [0.2, 0.25) is 0 Å². The predicted molar refractivity (Wildman–Crippen MR) is 82.8 cm³/mol. The fourth-order valence-corrected chi connectivity index (χ4v) is 3.12. The molecular weight excluding hydrogens is 316 g/mol. The number of pyridine rings is 1. The van der Waals surface area contributed by atoms with E-state index in [9.17, 15) is 4.79 Å². The summed E-state index contributed by atoms with van der Waals surface area (Å²) in [6.07, 6.45) is 4.68. The molecule has 1 aliphatic carbocycles. The number of benzene rings is 1. The van der Waals surface area contributed by atoms with Crippen LogP contribution in [-0.2, 0) is 6.42 Å². The van der Waals surface area contributed by atoms with Crippen LogP contribution in [-0.4, -0.2) is 10.8 Å². The number of rotatable bonds is 2. The Kier molecular flexibility index (Phi) is 3.57. The Morgan fingerprint density at radius 3 is 3.00 bits per heavy atom. The van der Waals surface area contributed by atoms with Gasteiger partial charge in [0.15, 0.2) is 5.78 Å². The lowest BCUT2D eigenvalue weighted by Crippen LogP contribution is -2.20. The molecule has 1 aliphatic rings. The van der Waals surface area contributed by atoms with Crippen LogP contribution >= 0.6 is 15.9 Å². The zero-order valence-corrected chi connectivity index (χ0v) is 12.6. The van der Waals surface area contributed by atoms with Crippen molar-refractivity contribution in [3.05, 3.63) is 57.8 Å². The van der Waals surface area contributed by atoms with E-state index in [4.69, 9.17) is 5.73 Å². The molecule has 0 aliphatic heterocycles. The van der Waals surface area contributed by atoms with Crippen molar-refractivity contribution in [2.75, 3.05) is 5.73 Å². The molecule has 0 fully saturated rings. The number of carbonyl (C=O) groups excluding carboxylic acids is 1. The summed E-state index contributed by atoms with van der Waals surface area (Å²) in [7, 11) is 0. The van der Waals surface area contributed by atoms with Crippen molar-refractivity contribution >= 4 is 27.4 Å². The van der Waals surface area contributed by atoms with E-state index in [1.807, 2.05) is 6.07 Å². The SMILES string of the molecule is Nc1ccc(C(=O)C2CCCc3cccnc32)cc1Br. The van der Waals surface area contributed by atoms with Crippen LogP contribution in [0.2, 0.25) is 0 Å². The summed E-state index contributed by atoms with van der Waals surface area (Å²) in [6.45, 7) is 0. The Labute approximate surface area is 126 Å². The molecule has 0 saturated carbocycles. The van der Waals surface area contributed by atoms with Crippen molar-refractivity contribution in [3.8, 4) is 0 Å². The molecule has 2 N–H and O–H groups in total. The summed E-state index contributed by atoms with van der Waals surface area (Å²) >= 11 is 3.38. The Morgan fingerprint density at radius 2 is 2.20 bits per heavy atom. The summed E-state index contributed by atoms with van der Waals surface area (Å²) in [5, 5.41) is 0. The van der Waals surface area contributed by atoms with Gasteiger partial charge < -0.3 is 5.73 Å². The number of aryl methyl sites for hydroxylation is 1. The first-order chi connectivity index (χ1) is 9.66. The molecule has 1 atom stereocenters. The highest BCUT2D eigenvalue weighted by Gasteiger charge is 2.28. The smallest absolute Gasteiger partial charge is 0.171 e. The second-order valence-electron chi connectivity index (χ2n) is 5.09. The summed E-state index contributed by atoms with van der Waals surface area (Å²) < 4.78 is 0.764. The number of nitrogens with two attached hydrogens (primary N) is 1. The Bertz CT molecular complexity index is 669. The van der Waals surface area contributed by atoms with Crippen LogP contribution in [0.15, 0.2) is 41.0 Å². The maximum Gasteiger partial charge on any atom is 0.171 e. The average Bonchev–Trinajstić information content (AvgIpc) is 2.49. The number of Topliss-reactive ketones (excluding diaryl/α,β-unsaturated/α-hetero) is 1. The number of ketones is 1. The van der Waals surface area contributed by atoms with Crippen LogP contribution < -0.4 is 5.73 Å². The molecule has 3 rings (SSSR count). The monoisotopic (exact) mass is 330 g/mol. The third kappa shape index (κ3) is 2.36. The van der Waals surface area contributed by atoms with E-state index in [2.05, 4.69) is 27.0 Å². The predicted octanol–water partition coefficient (Wildman–Crippen LogP) is 3.73. The number of hydrogen-bond donors (Lipinski definition) is 1. The van der Waals surface area contributed by atoms with Gasteiger partial charge in [0.1, 0.15) is 0 Å². The van der Waals surface area contributed by atoms with Crippen molar-refractivity contribution in [1.29, 1.82) is 0 Å². The van der Waals surface area contributed by atoms with E-state index in [0.717, 1.165) is 29.4 Å². The normalized spacial score (nSPS) is 17.6. The number of hydrogen-bond acceptors (Lipinski definition) is 3. The van der Waals surface area contributed by atoms with Gasteiger partial charge >= 0.3 is 0 Å². The van der Waals surface area contributed by atoms with Crippen LogP contribution in [0.25, 0.3) is 0 Å². The lowest BCUT2D eigenvalue weighted by Gasteiger charge is -2.23. The van der Waals surface area contributed by atoms with Crippen molar-refractivity contribution in [3.63, 3.8) is 0 Å². The van der Waals surface area contributed by atoms with E-state index < -0.39 is 0 Å². The van der Waals surface area contributed by atoms with Gasteiger partial charge in [-0.3, -0.25) is 9.78 Å². The third-order valence-corrected chi connectivity index (χ3v) is 4.48. The number of fused-ring (bicyclic) bond motifs is 1. The van der Waals surface area contributed by atoms with Crippen molar-refractivity contribution in [2.45, 2.75) is 25.2 Å².